The minimum atomic E-state index is 0.637. The summed E-state index contributed by atoms with van der Waals surface area (Å²) in [5, 5.41) is 4.53. The molecule has 0 unspecified atom stereocenters. The first-order valence-electron chi connectivity index (χ1n) is 12.5. The highest BCUT2D eigenvalue weighted by molar-refractivity contribution is 7.25. The normalized spacial score (nSPS) is 11.7. The van der Waals surface area contributed by atoms with Gasteiger partial charge in [0.05, 0.1) is 0 Å². The molecule has 0 N–H and O–H groups in total. The molecule has 0 saturated heterocycles. The Bertz CT molecular complexity index is 2140. The molecule has 5 aromatic carbocycles. The minimum absolute atomic E-state index is 0.637. The van der Waals surface area contributed by atoms with Crippen molar-refractivity contribution in [2.24, 2.45) is 0 Å². The van der Waals surface area contributed by atoms with Crippen LogP contribution in [0.15, 0.2) is 120 Å². The van der Waals surface area contributed by atoms with Crippen LogP contribution in [0.4, 0.5) is 0 Å². The zero-order valence-electron chi connectivity index (χ0n) is 20.1. The molecule has 4 nitrogen and oxygen atoms in total. The van der Waals surface area contributed by atoms with E-state index < -0.39 is 0 Å². The zero-order chi connectivity index (χ0) is 25.1. The van der Waals surface area contributed by atoms with Gasteiger partial charge in [-0.25, -0.2) is 15.0 Å². The molecule has 8 aromatic rings. The van der Waals surface area contributed by atoms with Crippen LogP contribution in [0.2, 0.25) is 0 Å². The molecule has 178 valence electrons. The Morgan fingerprint density at radius 3 is 2.05 bits per heavy atom. The highest BCUT2D eigenvalue weighted by Gasteiger charge is 2.17. The summed E-state index contributed by atoms with van der Waals surface area (Å²) in [6, 6.07) is 39.2. The predicted molar refractivity (Wildman–Crippen MR) is 156 cm³/mol. The summed E-state index contributed by atoms with van der Waals surface area (Å²) in [5.74, 6) is 1.96. The van der Waals surface area contributed by atoms with E-state index in [2.05, 4.69) is 54.6 Å². The van der Waals surface area contributed by atoms with Crippen LogP contribution in [0.25, 0.3) is 76.3 Å². The zero-order valence-corrected chi connectivity index (χ0v) is 20.9. The van der Waals surface area contributed by atoms with E-state index in [0.29, 0.717) is 17.5 Å². The molecule has 38 heavy (non-hydrogen) atoms. The van der Waals surface area contributed by atoms with Gasteiger partial charge in [0, 0.05) is 47.6 Å². The van der Waals surface area contributed by atoms with E-state index in [1.165, 1.54) is 20.2 Å². The number of para-hydroxylation sites is 1. The van der Waals surface area contributed by atoms with E-state index in [4.69, 9.17) is 19.4 Å². The highest BCUT2D eigenvalue weighted by Crippen LogP contribution is 2.40. The van der Waals surface area contributed by atoms with Crippen molar-refractivity contribution in [3.05, 3.63) is 115 Å². The van der Waals surface area contributed by atoms with Crippen LogP contribution in [-0.2, 0) is 0 Å². The van der Waals surface area contributed by atoms with Crippen molar-refractivity contribution < 1.29 is 4.42 Å². The van der Waals surface area contributed by atoms with Gasteiger partial charge in [-0.1, -0.05) is 78.9 Å². The third-order valence-electron chi connectivity index (χ3n) is 6.95. The topological polar surface area (TPSA) is 51.8 Å². The van der Waals surface area contributed by atoms with E-state index in [9.17, 15) is 0 Å². The van der Waals surface area contributed by atoms with Crippen molar-refractivity contribution in [1.29, 1.82) is 0 Å². The molecule has 0 bridgehead atoms. The fraction of sp³-hybridized carbons (Fsp3) is 0. The van der Waals surface area contributed by atoms with Crippen molar-refractivity contribution in [1.82, 2.24) is 15.0 Å². The van der Waals surface area contributed by atoms with Gasteiger partial charge in [-0.05, 0) is 36.4 Å². The van der Waals surface area contributed by atoms with Gasteiger partial charge in [-0.3, -0.25) is 0 Å². The Balaban J connectivity index is 1.40. The van der Waals surface area contributed by atoms with Crippen LogP contribution < -0.4 is 0 Å². The highest BCUT2D eigenvalue weighted by atomic mass is 32.1. The second kappa shape index (κ2) is 8.33. The maximum atomic E-state index is 6.06. The number of furan rings is 1. The summed E-state index contributed by atoms with van der Waals surface area (Å²) in [6.45, 7) is 0. The number of benzene rings is 5. The molecule has 0 atom stereocenters. The molecule has 0 amide bonds. The lowest BCUT2D eigenvalue weighted by Gasteiger charge is -2.09. The lowest BCUT2D eigenvalue weighted by atomic mass is 10.1. The van der Waals surface area contributed by atoms with E-state index in [1.807, 2.05) is 60.7 Å². The lowest BCUT2D eigenvalue weighted by molar-refractivity contribution is 0.669. The van der Waals surface area contributed by atoms with Crippen LogP contribution >= 0.6 is 11.3 Å². The molecule has 0 fully saturated rings. The van der Waals surface area contributed by atoms with Crippen molar-refractivity contribution in [2.45, 2.75) is 0 Å². The summed E-state index contributed by atoms with van der Waals surface area (Å²) in [4.78, 5) is 15.0. The number of rotatable bonds is 3. The van der Waals surface area contributed by atoms with Gasteiger partial charge in [-0.15, -0.1) is 11.3 Å². The van der Waals surface area contributed by atoms with Crippen LogP contribution in [-0.4, -0.2) is 15.0 Å². The fourth-order valence-corrected chi connectivity index (χ4v) is 6.30. The molecular formula is C33H19N3OS. The molecule has 0 aliphatic heterocycles. The Kier molecular flexibility index (Phi) is 4.66. The van der Waals surface area contributed by atoms with Crippen LogP contribution in [0.1, 0.15) is 0 Å². The maximum Gasteiger partial charge on any atom is 0.164 e. The summed E-state index contributed by atoms with van der Waals surface area (Å²) >= 11 is 1.79. The molecule has 5 heteroatoms. The molecule has 0 aliphatic rings. The van der Waals surface area contributed by atoms with Crippen LogP contribution in [0, 0.1) is 0 Å². The summed E-state index contributed by atoms with van der Waals surface area (Å²) < 4.78 is 8.53. The molecule has 3 heterocycles. The number of aromatic nitrogens is 3. The third-order valence-corrected chi connectivity index (χ3v) is 8.08. The second-order valence-corrected chi connectivity index (χ2v) is 10.3. The van der Waals surface area contributed by atoms with Crippen molar-refractivity contribution in [3.8, 4) is 34.2 Å². The number of fused-ring (bicyclic) bond motifs is 6. The summed E-state index contributed by atoms with van der Waals surface area (Å²) in [5.41, 5.74) is 4.61. The third kappa shape index (κ3) is 3.33. The smallest absolute Gasteiger partial charge is 0.164 e. The first-order chi connectivity index (χ1) is 18.8. The van der Waals surface area contributed by atoms with Gasteiger partial charge in [0.1, 0.15) is 11.2 Å². The second-order valence-electron chi connectivity index (χ2n) is 9.26. The molecule has 3 aromatic heterocycles. The molecular weight excluding hydrogens is 486 g/mol. The van der Waals surface area contributed by atoms with Crippen molar-refractivity contribution in [3.63, 3.8) is 0 Å². The fourth-order valence-electron chi connectivity index (χ4n) is 5.17. The number of hydrogen-bond acceptors (Lipinski definition) is 5. The van der Waals surface area contributed by atoms with E-state index in [1.54, 1.807) is 11.3 Å². The Labute approximate surface area is 221 Å². The van der Waals surface area contributed by atoms with Gasteiger partial charge >= 0.3 is 0 Å². The lowest BCUT2D eigenvalue weighted by Crippen LogP contribution is -2.00. The number of hydrogen-bond donors (Lipinski definition) is 0. The van der Waals surface area contributed by atoms with E-state index >= 15 is 0 Å². The molecule has 8 rings (SSSR count). The molecule has 0 saturated carbocycles. The van der Waals surface area contributed by atoms with Crippen LogP contribution in [0.5, 0.6) is 0 Å². The average Bonchev–Trinajstić information content (AvgIpc) is 3.55. The Morgan fingerprint density at radius 1 is 0.474 bits per heavy atom. The summed E-state index contributed by atoms with van der Waals surface area (Å²) in [6.07, 6.45) is 0. The standard InChI is InChI=1S/C33H19N3OS/c1-2-9-20(10-3-1)31-34-32(21-17-18-27-25(19-21)22-11-4-6-14-26(22)37-27)36-33(35-31)24-13-8-16-29-30(24)23-12-5-7-15-28(23)38-29/h1-19H. The Hall–Kier alpha value is -4.87. The van der Waals surface area contributed by atoms with Gasteiger partial charge in [-0.2, -0.15) is 0 Å². The predicted octanol–water partition coefficient (Wildman–Crippen LogP) is 9.14. The molecule has 0 aliphatic carbocycles. The Morgan fingerprint density at radius 2 is 1.16 bits per heavy atom. The van der Waals surface area contributed by atoms with E-state index in [-0.39, 0.29) is 0 Å². The summed E-state index contributed by atoms with van der Waals surface area (Å²) in [7, 11) is 0. The van der Waals surface area contributed by atoms with Crippen molar-refractivity contribution >= 4 is 53.4 Å². The maximum absolute atomic E-state index is 6.06. The van der Waals surface area contributed by atoms with E-state index in [0.717, 1.165) is 38.6 Å². The largest absolute Gasteiger partial charge is 0.456 e. The van der Waals surface area contributed by atoms with Gasteiger partial charge in [0.25, 0.3) is 0 Å². The quantitative estimate of drug-likeness (QED) is 0.240. The van der Waals surface area contributed by atoms with Gasteiger partial charge in [0.15, 0.2) is 17.5 Å². The minimum Gasteiger partial charge on any atom is -0.456 e. The average molecular weight is 506 g/mol. The number of thiophene rings is 1. The van der Waals surface area contributed by atoms with Gasteiger partial charge in [0.2, 0.25) is 0 Å². The first kappa shape index (κ1) is 21.2. The SMILES string of the molecule is c1ccc(-c2nc(-c3ccc4oc5ccccc5c4c3)nc(-c3cccc4sc5ccccc5c34)n2)cc1. The monoisotopic (exact) mass is 505 g/mol. The molecule has 0 spiro atoms. The number of nitrogens with zero attached hydrogens (tertiary/aromatic N) is 3. The molecule has 0 radical (unpaired) electrons. The van der Waals surface area contributed by atoms with Gasteiger partial charge < -0.3 is 4.42 Å². The van der Waals surface area contributed by atoms with Crippen LogP contribution in [0.3, 0.4) is 0 Å². The first-order valence-corrected chi connectivity index (χ1v) is 13.3. The van der Waals surface area contributed by atoms with Crippen molar-refractivity contribution in [2.75, 3.05) is 0 Å².